The molecule has 0 N–H and O–H groups in total. The third-order valence-electron chi connectivity index (χ3n) is 2.14. The van der Waals surface area contributed by atoms with Crippen molar-refractivity contribution in [2.24, 2.45) is 11.3 Å². The molecule has 1 aliphatic carbocycles. The van der Waals surface area contributed by atoms with Crippen LogP contribution in [0.15, 0.2) is 0 Å². The molecule has 0 aliphatic heterocycles. The maximum absolute atomic E-state index is 4.64. The predicted molar refractivity (Wildman–Crippen MR) is 64.4 cm³/mol. The zero-order chi connectivity index (χ0) is 9.61. The van der Waals surface area contributed by atoms with Crippen molar-refractivity contribution < 1.29 is 19.4 Å². The molecule has 2 heteroatoms. The van der Waals surface area contributed by atoms with Gasteiger partial charge in [0, 0.05) is 0 Å². The summed E-state index contributed by atoms with van der Waals surface area (Å²) in [5.41, 5.74) is 0.439. The van der Waals surface area contributed by atoms with Crippen molar-refractivity contribution in [1.29, 1.82) is 0 Å². The first-order chi connectivity index (χ1) is 5.58. The Morgan fingerprint density at radius 2 is 1.43 bits per heavy atom. The van der Waals surface area contributed by atoms with E-state index < -0.39 is 0 Å². The molecule has 0 nitrogen and oxygen atoms in total. The monoisotopic (exact) mass is 252 g/mol. The number of rotatable bonds is 1. The van der Waals surface area contributed by atoms with E-state index in [2.05, 4.69) is 36.5 Å². The molecule has 0 bridgehead atoms. The third kappa shape index (κ3) is 11.1. The SMILES string of the molecule is CC(C)(C)[CH-]C1CCCC1.[CH3-].[CH3-].[Cl][Ti+3]. The van der Waals surface area contributed by atoms with Crippen molar-refractivity contribution in [3.8, 4) is 0 Å². The summed E-state index contributed by atoms with van der Waals surface area (Å²) in [6.45, 7) is 6.89. The van der Waals surface area contributed by atoms with Gasteiger partial charge in [-0.05, 0) is 0 Å². The fourth-order valence-corrected chi connectivity index (χ4v) is 1.83. The Balaban J connectivity index is -0.000000284. The van der Waals surface area contributed by atoms with E-state index in [0.717, 1.165) is 5.92 Å². The van der Waals surface area contributed by atoms with Crippen molar-refractivity contribution in [1.82, 2.24) is 0 Å². The predicted octanol–water partition coefficient (Wildman–Crippen LogP) is 5.01. The van der Waals surface area contributed by atoms with Crippen LogP contribution in [0.25, 0.3) is 0 Å². The molecule has 0 spiro atoms. The molecule has 0 unspecified atom stereocenters. The first kappa shape index (κ1) is 20.4. The summed E-state index contributed by atoms with van der Waals surface area (Å²) in [6.07, 6.45) is 8.32. The molecule has 84 valence electrons. The summed E-state index contributed by atoms with van der Waals surface area (Å²) in [5.74, 6) is 0.931. The fraction of sp³-hybridized carbons (Fsp3) is 0.750. The summed E-state index contributed by atoms with van der Waals surface area (Å²) >= 11 is 1.47. The second kappa shape index (κ2) is 10.5. The molecule has 14 heavy (non-hydrogen) atoms. The van der Waals surface area contributed by atoms with Gasteiger partial charge in [0.1, 0.15) is 0 Å². The summed E-state index contributed by atoms with van der Waals surface area (Å²) in [6, 6.07) is 0. The van der Waals surface area contributed by atoms with Crippen LogP contribution in [0.4, 0.5) is 0 Å². The molecule has 0 amide bonds. The van der Waals surface area contributed by atoms with Gasteiger partial charge in [0.25, 0.3) is 0 Å². The Bertz CT molecular complexity index is 101. The Kier molecular flexibility index (Phi) is 15.3. The van der Waals surface area contributed by atoms with Crippen molar-refractivity contribution >= 4 is 9.30 Å². The second-order valence-electron chi connectivity index (χ2n) is 4.58. The minimum atomic E-state index is 0. The fourth-order valence-electron chi connectivity index (χ4n) is 1.83. The van der Waals surface area contributed by atoms with Gasteiger partial charge in [0.2, 0.25) is 0 Å². The van der Waals surface area contributed by atoms with Crippen LogP contribution in [0.5, 0.6) is 0 Å². The molecule has 1 rings (SSSR count). The summed E-state index contributed by atoms with van der Waals surface area (Å²) in [5, 5.41) is 0. The van der Waals surface area contributed by atoms with Crippen LogP contribution in [0, 0.1) is 32.6 Å². The van der Waals surface area contributed by atoms with E-state index >= 15 is 0 Å². The Hall–Kier alpha value is 1.00. The van der Waals surface area contributed by atoms with Gasteiger partial charge in [0.05, 0.1) is 0 Å². The average Bonchev–Trinajstić information content (AvgIpc) is 2.41. The van der Waals surface area contributed by atoms with E-state index in [1.54, 1.807) is 0 Å². The molecule has 0 aromatic rings. The van der Waals surface area contributed by atoms with Gasteiger partial charge in [-0.15, -0.1) is 0 Å². The standard InChI is InChI=1S/C10H19.2CH3.ClH.Ti/c1-10(2,3)8-9-6-4-5-7-9;;;;/h8-9H,4-7H2,1-3H3;2*1H3;1H;/q3*-1;;+4/p-1. The average molecular weight is 253 g/mol. The molecule has 1 saturated carbocycles. The van der Waals surface area contributed by atoms with E-state index in [4.69, 9.17) is 0 Å². The summed E-state index contributed by atoms with van der Waals surface area (Å²) < 4.78 is 0. The van der Waals surface area contributed by atoms with E-state index in [0.29, 0.717) is 5.41 Å². The van der Waals surface area contributed by atoms with Gasteiger partial charge < -0.3 is 21.3 Å². The van der Waals surface area contributed by atoms with E-state index in [9.17, 15) is 0 Å². The normalized spacial score (nSPS) is 16.1. The summed E-state index contributed by atoms with van der Waals surface area (Å²) in [7, 11) is 4.64. The molecule has 0 saturated heterocycles. The van der Waals surface area contributed by atoms with Crippen LogP contribution in [0.3, 0.4) is 0 Å². The van der Waals surface area contributed by atoms with Gasteiger partial charge in [-0.2, -0.15) is 11.3 Å². The van der Waals surface area contributed by atoms with Crippen LogP contribution in [0.2, 0.25) is 0 Å². The van der Waals surface area contributed by atoms with E-state index in [1.807, 2.05) is 0 Å². The molecule has 0 aromatic heterocycles. The van der Waals surface area contributed by atoms with Crippen molar-refractivity contribution in [3.63, 3.8) is 0 Å². The first-order valence-corrected chi connectivity index (χ1v) is 6.78. The van der Waals surface area contributed by atoms with E-state index in [1.165, 1.54) is 45.1 Å². The van der Waals surface area contributed by atoms with E-state index in [-0.39, 0.29) is 14.9 Å². The van der Waals surface area contributed by atoms with Crippen LogP contribution in [-0.4, -0.2) is 0 Å². The second-order valence-corrected chi connectivity index (χ2v) is 4.58. The number of hydrogen-bond acceptors (Lipinski definition) is 0. The maximum atomic E-state index is 4.64. The van der Waals surface area contributed by atoms with Crippen molar-refractivity contribution in [2.45, 2.75) is 46.5 Å². The third-order valence-corrected chi connectivity index (χ3v) is 2.14. The number of hydrogen-bond donors (Lipinski definition) is 0. The zero-order valence-electron chi connectivity index (χ0n) is 10.4. The van der Waals surface area contributed by atoms with Crippen LogP contribution in [-0.2, 0) is 19.4 Å². The topological polar surface area (TPSA) is 0 Å². The van der Waals surface area contributed by atoms with Gasteiger partial charge in [-0.3, -0.25) is 0 Å². The van der Waals surface area contributed by atoms with Crippen LogP contribution in [0.1, 0.15) is 46.5 Å². The van der Waals surface area contributed by atoms with Gasteiger partial charge in [-0.1, -0.05) is 46.5 Å². The Morgan fingerprint density at radius 3 is 1.71 bits per heavy atom. The molecule has 1 fully saturated rings. The van der Waals surface area contributed by atoms with Crippen LogP contribution >= 0.6 is 9.30 Å². The Labute approximate surface area is 107 Å². The first-order valence-electron chi connectivity index (χ1n) is 4.63. The molecule has 0 atom stereocenters. The van der Waals surface area contributed by atoms with Crippen LogP contribution < -0.4 is 0 Å². The van der Waals surface area contributed by atoms with Crippen molar-refractivity contribution in [2.75, 3.05) is 0 Å². The zero-order valence-corrected chi connectivity index (χ0v) is 12.7. The van der Waals surface area contributed by atoms with Gasteiger partial charge in [-0.25, -0.2) is 0 Å². The summed E-state index contributed by atoms with van der Waals surface area (Å²) in [4.78, 5) is 0. The Morgan fingerprint density at radius 1 is 1.07 bits per heavy atom. The molecule has 1 aliphatic rings. The van der Waals surface area contributed by atoms with Gasteiger partial charge >= 0.3 is 28.7 Å². The molecule has 0 radical (unpaired) electrons. The number of halogens is 1. The molecular formula is C12H25ClTi. The minimum absolute atomic E-state index is 0. The molecule has 0 aromatic carbocycles. The quantitative estimate of drug-likeness (QED) is 0.454. The van der Waals surface area contributed by atoms with Gasteiger partial charge in [0.15, 0.2) is 0 Å². The molecule has 0 heterocycles. The molecular weight excluding hydrogens is 227 g/mol. The van der Waals surface area contributed by atoms with Crippen molar-refractivity contribution in [3.05, 3.63) is 21.3 Å².